The number of aromatic nitrogens is 1. The summed E-state index contributed by atoms with van der Waals surface area (Å²) in [6.45, 7) is 1.97. The van der Waals surface area contributed by atoms with Crippen LogP contribution in [0.1, 0.15) is 18.9 Å². The number of hydrogen-bond donors (Lipinski definition) is 2. The molecule has 1 aromatic heterocycles. The third-order valence-corrected chi connectivity index (χ3v) is 2.21. The molecule has 86 valence electrons. The summed E-state index contributed by atoms with van der Waals surface area (Å²) in [5.41, 5.74) is 0.844. The summed E-state index contributed by atoms with van der Waals surface area (Å²) in [5, 5.41) is 11.3. The van der Waals surface area contributed by atoms with Crippen molar-refractivity contribution in [2.75, 3.05) is 0 Å². The largest absolute Gasteiger partial charge is 0.481 e. The van der Waals surface area contributed by atoms with E-state index in [2.05, 4.69) is 10.3 Å². The zero-order valence-electron chi connectivity index (χ0n) is 9.01. The maximum absolute atomic E-state index is 11.5. The maximum atomic E-state index is 11.5. The fraction of sp³-hybridized carbons (Fsp3) is 0.364. The quantitative estimate of drug-likeness (QED) is 0.722. The van der Waals surface area contributed by atoms with Crippen molar-refractivity contribution in [3.8, 4) is 0 Å². The Morgan fingerprint density at radius 3 is 2.81 bits per heavy atom. The van der Waals surface area contributed by atoms with Crippen LogP contribution < -0.4 is 5.32 Å². The number of carbonyl (C=O) groups is 2. The fourth-order valence-corrected chi connectivity index (χ4v) is 1.29. The monoisotopic (exact) mass is 222 g/mol. The number of nitrogens with one attached hydrogen (secondary N) is 1. The second-order valence-corrected chi connectivity index (χ2v) is 3.38. The smallest absolute Gasteiger partial charge is 0.316 e. The lowest BCUT2D eigenvalue weighted by Crippen LogP contribution is -2.34. The molecule has 5 heteroatoms. The van der Waals surface area contributed by atoms with Crippen molar-refractivity contribution in [2.45, 2.75) is 19.9 Å². The van der Waals surface area contributed by atoms with E-state index in [-0.39, 0.29) is 6.42 Å². The van der Waals surface area contributed by atoms with Crippen molar-refractivity contribution >= 4 is 11.9 Å². The number of amides is 1. The van der Waals surface area contributed by atoms with Crippen molar-refractivity contribution in [1.29, 1.82) is 0 Å². The van der Waals surface area contributed by atoms with E-state index in [1.165, 1.54) is 0 Å². The van der Waals surface area contributed by atoms with Crippen LogP contribution in [0, 0.1) is 5.92 Å². The van der Waals surface area contributed by atoms with Gasteiger partial charge in [-0.2, -0.15) is 0 Å². The van der Waals surface area contributed by atoms with Gasteiger partial charge in [0, 0.05) is 18.9 Å². The number of carbonyl (C=O) groups excluding carboxylic acids is 1. The highest BCUT2D eigenvalue weighted by molar-refractivity contribution is 5.96. The van der Waals surface area contributed by atoms with Crippen molar-refractivity contribution in [3.63, 3.8) is 0 Å². The molecule has 1 rings (SSSR count). The molecule has 0 saturated heterocycles. The molecule has 0 aliphatic heterocycles. The topological polar surface area (TPSA) is 79.3 Å². The Hall–Kier alpha value is -1.91. The molecule has 1 amide bonds. The van der Waals surface area contributed by atoms with Gasteiger partial charge in [0.1, 0.15) is 5.92 Å². The number of pyridine rings is 1. The minimum atomic E-state index is -1.09. The van der Waals surface area contributed by atoms with E-state index in [0.717, 1.165) is 5.56 Å². The molecule has 1 unspecified atom stereocenters. The van der Waals surface area contributed by atoms with Crippen LogP contribution in [0.5, 0.6) is 0 Å². The van der Waals surface area contributed by atoms with Crippen molar-refractivity contribution < 1.29 is 14.7 Å². The third-order valence-electron chi connectivity index (χ3n) is 2.21. The Bertz CT molecular complexity index is 365. The zero-order valence-corrected chi connectivity index (χ0v) is 9.01. The lowest BCUT2D eigenvalue weighted by Gasteiger charge is -2.10. The first kappa shape index (κ1) is 12.2. The van der Waals surface area contributed by atoms with Crippen LogP contribution in [0.25, 0.3) is 0 Å². The van der Waals surface area contributed by atoms with Gasteiger partial charge >= 0.3 is 5.97 Å². The van der Waals surface area contributed by atoms with E-state index in [0.29, 0.717) is 6.54 Å². The second-order valence-electron chi connectivity index (χ2n) is 3.38. The number of hydrogen-bond acceptors (Lipinski definition) is 3. The predicted octanol–water partition coefficient (Wildman–Crippen LogP) is 0.809. The van der Waals surface area contributed by atoms with Gasteiger partial charge in [0.25, 0.3) is 0 Å². The van der Waals surface area contributed by atoms with Gasteiger partial charge in [0.15, 0.2) is 0 Å². The Kier molecular flexibility index (Phi) is 4.44. The molecule has 1 aromatic rings. The summed E-state index contributed by atoms with van der Waals surface area (Å²) in [7, 11) is 0. The van der Waals surface area contributed by atoms with E-state index in [1.807, 2.05) is 6.07 Å². The van der Waals surface area contributed by atoms with Crippen LogP contribution in [-0.4, -0.2) is 22.0 Å². The summed E-state index contributed by atoms with van der Waals surface area (Å²) in [6, 6.07) is 3.57. The molecule has 2 N–H and O–H groups in total. The molecular weight excluding hydrogens is 208 g/mol. The van der Waals surface area contributed by atoms with Gasteiger partial charge in [0.2, 0.25) is 5.91 Å². The summed E-state index contributed by atoms with van der Waals surface area (Å²) in [4.78, 5) is 26.1. The summed E-state index contributed by atoms with van der Waals surface area (Å²) in [5.74, 6) is -2.53. The molecule has 0 spiro atoms. The lowest BCUT2D eigenvalue weighted by molar-refractivity contribution is -0.147. The Morgan fingerprint density at radius 2 is 2.31 bits per heavy atom. The van der Waals surface area contributed by atoms with Crippen LogP contribution in [0.3, 0.4) is 0 Å². The summed E-state index contributed by atoms with van der Waals surface area (Å²) >= 11 is 0. The zero-order chi connectivity index (χ0) is 12.0. The first-order chi connectivity index (χ1) is 7.65. The fourth-order valence-electron chi connectivity index (χ4n) is 1.29. The highest BCUT2D eigenvalue weighted by Crippen LogP contribution is 2.03. The molecule has 5 nitrogen and oxygen atoms in total. The van der Waals surface area contributed by atoms with Crippen molar-refractivity contribution in [2.24, 2.45) is 5.92 Å². The molecule has 0 aromatic carbocycles. The molecule has 1 heterocycles. The van der Waals surface area contributed by atoms with Crippen molar-refractivity contribution in [3.05, 3.63) is 30.1 Å². The molecule has 0 aliphatic carbocycles. The van der Waals surface area contributed by atoms with Gasteiger partial charge in [0.05, 0.1) is 0 Å². The maximum Gasteiger partial charge on any atom is 0.316 e. The average Bonchev–Trinajstić information content (AvgIpc) is 2.28. The van der Waals surface area contributed by atoms with E-state index in [1.54, 1.807) is 25.4 Å². The Labute approximate surface area is 93.5 Å². The number of carboxylic acids is 1. The average molecular weight is 222 g/mol. The molecule has 1 atom stereocenters. The summed E-state index contributed by atoms with van der Waals surface area (Å²) < 4.78 is 0. The van der Waals surface area contributed by atoms with Crippen LogP contribution in [0.4, 0.5) is 0 Å². The minimum absolute atomic E-state index is 0.286. The number of carboxylic acid groups (broad SMARTS) is 1. The standard InChI is InChI=1S/C11H14N2O3/c1-2-9(11(15)16)10(14)13-7-8-4-3-5-12-6-8/h3-6,9H,2,7H2,1H3,(H,13,14)(H,15,16). The molecule has 0 fully saturated rings. The van der Waals surface area contributed by atoms with Gasteiger partial charge in [-0.05, 0) is 18.1 Å². The van der Waals surface area contributed by atoms with Gasteiger partial charge in [-0.15, -0.1) is 0 Å². The van der Waals surface area contributed by atoms with Crippen molar-refractivity contribution in [1.82, 2.24) is 10.3 Å². The first-order valence-electron chi connectivity index (χ1n) is 5.04. The lowest BCUT2D eigenvalue weighted by atomic mass is 10.1. The van der Waals surface area contributed by atoms with Gasteiger partial charge in [-0.3, -0.25) is 14.6 Å². The highest BCUT2D eigenvalue weighted by Gasteiger charge is 2.23. The number of nitrogens with zero attached hydrogens (tertiary/aromatic N) is 1. The van der Waals surface area contributed by atoms with E-state index >= 15 is 0 Å². The van der Waals surface area contributed by atoms with Crippen LogP contribution in [0.15, 0.2) is 24.5 Å². The predicted molar refractivity (Wildman–Crippen MR) is 57.5 cm³/mol. The second kappa shape index (κ2) is 5.85. The number of rotatable bonds is 5. The SMILES string of the molecule is CCC(C(=O)O)C(=O)NCc1cccnc1. The minimum Gasteiger partial charge on any atom is -0.481 e. The van der Waals surface area contributed by atoms with E-state index in [9.17, 15) is 9.59 Å². The van der Waals surface area contributed by atoms with Crippen LogP contribution in [-0.2, 0) is 16.1 Å². The van der Waals surface area contributed by atoms with Gasteiger partial charge in [-0.25, -0.2) is 0 Å². The third kappa shape index (κ3) is 3.34. The normalized spacial score (nSPS) is 11.8. The summed E-state index contributed by atoms with van der Waals surface area (Å²) in [6.07, 6.45) is 3.55. The van der Waals surface area contributed by atoms with Crippen LogP contribution >= 0.6 is 0 Å². The Balaban J connectivity index is 2.49. The molecule has 0 aliphatic rings. The van der Waals surface area contributed by atoms with Gasteiger partial charge in [-0.1, -0.05) is 13.0 Å². The highest BCUT2D eigenvalue weighted by atomic mass is 16.4. The molecule has 16 heavy (non-hydrogen) atoms. The van der Waals surface area contributed by atoms with Gasteiger partial charge < -0.3 is 10.4 Å². The van der Waals surface area contributed by atoms with E-state index in [4.69, 9.17) is 5.11 Å². The van der Waals surface area contributed by atoms with Crippen LogP contribution in [0.2, 0.25) is 0 Å². The molecule has 0 radical (unpaired) electrons. The first-order valence-corrected chi connectivity index (χ1v) is 5.04. The molecule has 0 bridgehead atoms. The molecular formula is C11H14N2O3. The number of aliphatic carboxylic acids is 1. The Morgan fingerprint density at radius 1 is 1.56 bits per heavy atom. The molecule has 0 saturated carbocycles. The van der Waals surface area contributed by atoms with E-state index < -0.39 is 17.8 Å².